The lowest BCUT2D eigenvalue weighted by Gasteiger charge is -2.43. The molecule has 1 aromatic heterocycles. The van der Waals surface area contributed by atoms with Gasteiger partial charge in [-0.15, -0.1) is 11.8 Å². The third-order valence-corrected chi connectivity index (χ3v) is 11.1. The molecule has 8 atom stereocenters. The Hall–Kier alpha value is -2.39. The van der Waals surface area contributed by atoms with Crippen LogP contribution in [-0.4, -0.2) is 44.1 Å². The number of aromatic amines is 1. The zero-order valence-electron chi connectivity index (χ0n) is 19.8. The SMILES string of the molecule is Cc1ccc([C@@H]2c3sc(=O)[nH]c3S[C@@H]3[C@H]4C[C@@H]([C@@H]5C(=O)N([C@H](CC(C)C)C(=O)O)C(=O)[C@H]45)[C@@H]23)cc1. The predicted molar refractivity (Wildman–Crippen MR) is 132 cm³/mol. The van der Waals surface area contributed by atoms with Gasteiger partial charge in [-0.2, -0.15) is 0 Å². The Bertz CT molecular complexity index is 1280. The summed E-state index contributed by atoms with van der Waals surface area (Å²) < 4.78 is 0. The highest BCUT2D eigenvalue weighted by Crippen LogP contribution is 2.68. The Balaban J connectivity index is 1.42. The van der Waals surface area contributed by atoms with Crippen molar-refractivity contribution in [1.29, 1.82) is 0 Å². The van der Waals surface area contributed by atoms with Crippen LogP contribution in [0, 0.1) is 42.4 Å². The molecule has 2 saturated carbocycles. The number of benzene rings is 1. The van der Waals surface area contributed by atoms with Crippen molar-refractivity contribution in [3.8, 4) is 0 Å². The molecule has 2 aromatic rings. The van der Waals surface area contributed by atoms with Crippen LogP contribution in [0.3, 0.4) is 0 Å². The minimum atomic E-state index is -1.11. The van der Waals surface area contributed by atoms with Crippen LogP contribution < -0.4 is 4.87 Å². The van der Waals surface area contributed by atoms with Crippen LogP contribution in [0.1, 0.15) is 48.6 Å². The number of likely N-dealkylation sites (tertiary alicyclic amines) is 1. The average molecular weight is 513 g/mol. The molecule has 2 aliphatic heterocycles. The van der Waals surface area contributed by atoms with E-state index in [-0.39, 0.29) is 57.9 Å². The number of thiazole rings is 1. The minimum absolute atomic E-state index is 0.000514. The molecule has 1 saturated heterocycles. The van der Waals surface area contributed by atoms with Gasteiger partial charge in [-0.3, -0.25) is 19.3 Å². The number of aryl methyl sites for hydroxylation is 1. The Morgan fingerprint density at radius 1 is 1.11 bits per heavy atom. The van der Waals surface area contributed by atoms with Crippen LogP contribution in [0.5, 0.6) is 0 Å². The van der Waals surface area contributed by atoms with Crippen molar-refractivity contribution >= 4 is 40.9 Å². The van der Waals surface area contributed by atoms with Gasteiger partial charge < -0.3 is 10.1 Å². The lowest BCUT2D eigenvalue weighted by atomic mass is 9.68. The van der Waals surface area contributed by atoms with Gasteiger partial charge in [0.2, 0.25) is 11.8 Å². The topological polar surface area (TPSA) is 108 Å². The molecule has 2 bridgehead atoms. The molecule has 1 aromatic carbocycles. The molecule has 4 aliphatic rings. The van der Waals surface area contributed by atoms with Gasteiger partial charge in [0.25, 0.3) is 0 Å². The van der Waals surface area contributed by atoms with Crippen molar-refractivity contribution < 1.29 is 19.5 Å². The number of carboxylic acids is 1. The molecule has 35 heavy (non-hydrogen) atoms. The number of nitrogens with zero attached hydrogens (tertiary/aromatic N) is 1. The number of amides is 2. The molecule has 6 rings (SSSR count). The fraction of sp³-hybridized carbons (Fsp3) is 0.538. The maximum Gasteiger partial charge on any atom is 0.326 e. The summed E-state index contributed by atoms with van der Waals surface area (Å²) in [5, 5.41) is 10.9. The number of thioether (sulfide) groups is 1. The fourth-order valence-electron chi connectivity index (χ4n) is 7.26. The van der Waals surface area contributed by atoms with E-state index in [4.69, 9.17) is 0 Å². The van der Waals surface area contributed by atoms with Gasteiger partial charge in [0.15, 0.2) is 0 Å². The third kappa shape index (κ3) is 3.30. The summed E-state index contributed by atoms with van der Waals surface area (Å²) in [6.45, 7) is 5.85. The lowest BCUT2D eigenvalue weighted by Crippen LogP contribution is -2.47. The van der Waals surface area contributed by atoms with E-state index in [0.29, 0.717) is 0 Å². The Kier molecular flexibility index (Phi) is 5.31. The molecule has 9 heteroatoms. The molecule has 0 unspecified atom stereocenters. The van der Waals surface area contributed by atoms with Gasteiger partial charge in [-0.25, -0.2) is 4.79 Å². The van der Waals surface area contributed by atoms with Gasteiger partial charge in [0.05, 0.1) is 16.9 Å². The predicted octanol–water partition coefficient (Wildman–Crippen LogP) is 3.72. The number of hydrogen-bond donors (Lipinski definition) is 2. The number of aliphatic carboxylic acids is 1. The van der Waals surface area contributed by atoms with E-state index < -0.39 is 23.8 Å². The van der Waals surface area contributed by atoms with Crippen LogP contribution in [0.4, 0.5) is 0 Å². The second-order valence-corrected chi connectivity index (χ2v) is 13.1. The largest absolute Gasteiger partial charge is 0.480 e. The molecule has 0 radical (unpaired) electrons. The summed E-state index contributed by atoms with van der Waals surface area (Å²) in [6.07, 6.45) is 1.06. The van der Waals surface area contributed by atoms with Gasteiger partial charge in [-0.05, 0) is 49.0 Å². The summed E-state index contributed by atoms with van der Waals surface area (Å²) in [4.78, 5) is 56.8. The first-order valence-corrected chi connectivity index (χ1v) is 13.9. The molecular weight excluding hydrogens is 484 g/mol. The Morgan fingerprint density at radius 3 is 2.40 bits per heavy atom. The van der Waals surface area contributed by atoms with Crippen molar-refractivity contribution in [1.82, 2.24) is 9.88 Å². The van der Waals surface area contributed by atoms with E-state index >= 15 is 0 Å². The summed E-state index contributed by atoms with van der Waals surface area (Å²) in [5.74, 6) is -2.50. The first-order chi connectivity index (χ1) is 16.7. The highest BCUT2D eigenvalue weighted by Gasteiger charge is 2.70. The van der Waals surface area contributed by atoms with Crippen molar-refractivity contribution in [2.75, 3.05) is 0 Å². The van der Waals surface area contributed by atoms with Crippen LogP contribution in [0.2, 0.25) is 0 Å². The van der Waals surface area contributed by atoms with Crippen molar-refractivity contribution in [2.45, 2.75) is 55.8 Å². The van der Waals surface area contributed by atoms with E-state index in [1.807, 2.05) is 20.8 Å². The second kappa shape index (κ2) is 8.06. The van der Waals surface area contributed by atoms with Crippen molar-refractivity contribution in [3.05, 3.63) is 49.9 Å². The standard InChI is InChI=1S/C26H28N2O5S2/c1-10(2)8-15(25(31)32)28-23(29)18-13-9-14(19(18)24(28)30)20-17(13)16(12-6-4-11(3)5-7-12)21-22(34-20)27-26(33)35-21/h4-7,10,13-20H,8-9H2,1-3H3,(H,27,33)(H,31,32)/t13-,14+,15-,16+,17+,18+,19-,20-/m1/s1. The Labute approximate surface area is 211 Å². The van der Waals surface area contributed by atoms with E-state index in [1.165, 1.54) is 11.3 Å². The summed E-state index contributed by atoms with van der Waals surface area (Å²) in [7, 11) is 0. The number of H-pyrrole nitrogens is 1. The second-order valence-electron chi connectivity index (χ2n) is 10.9. The number of carboxylic acid groups (broad SMARTS) is 1. The zero-order valence-corrected chi connectivity index (χ0v) is 21.4. The van der Waals surface area contributed by atoms with Crippen LogP contribution in [-0.2, 0) is 14.4 Å². The number of carbonyl (C=O) groups excluding carboxylic acids is 2. The maximum atomic E-state index is 13.7. The summed E-state index contributed by atoms with van der Waals surface area (Å²) in [5.41, 5.74) is 2.28. The molecule has 0 spiro atoms. The maximum absolute atomic E-state index is 13.7. The number of imide groups is 1. The number of rotatable bonds is 5. The molecule has 2 amide bonds. The van der Waals surface area contributed by atoms with Gasteiger partial charge in [0, 0.05) is 16.0 Å². The quantitative estimate of drug-likeness (QED) is 0.592. The smallest absolute Gasteiger partial charge is 0.326 e. The minimum Gasteiger partial charge on any atom is -0.480 e. The molecule has 184 valence electrons. The van der Waals surface area contributed by atoms with E-state index in [9.17, 15) is 24.3 Å². The van der Waals surface area contributed by atoms with E-state index in [1.54, 1.807) is 11.8 Å². The average Bonchev–Trinajstić information content (AvgIpc) is 3.52. The van der Waals surface area contributed by atoms with Gasteiger partial charge >= 0.3 is 10.8 Å². The van der Waals surface area contributed by atoms with Crippen LogP contribution in [0.25, 0.3) is 0 Å². The van der Waals surface area contributed by atoms with Crippen molar-refractivity contribution in [3.63, 3.8) is 0 Å². The monoisotopic (exact) mass is 512 g/mol. The first kappa shape index (κ1) is 23.0. The highest BCUT2D eigenvalue weighted by molar-refractivity contribution is 8.00. The third-order valence-electron chi connectivity index (χ3n) is 8.49. The van der Waals surface area contributed by atoms with Crippen molar-refractivity contribution in [2.24, 2.45) is 35.5 Å². The molecule has 2 aliphatic carbocycles. The molecule has 3 heterocycles. The normalized spacial score (nSPS) is 33.7. The summed E-state index contributed by atoms with van der Waals surface area (Å²) in [6, 6.07) is 7.27. The number of carbonyl (C=O) groups is 3. The zero-order chi connectivity index (χ0) is 24.8. The van der Waals surface area contributed by atoms with Crippen LogP contribution >= 0.6 is 23.1 Å². The number of nitrogens with one attached hydrogen (secondary N) is 1. The first-order valence-electron chi connectivity index (χ1n) is 12.2. The Morgan fingerprint density at radius 2 is 1.77 bits per heavy atom. The van der Waals surface area contributed by atoms with Gasteiger partial charge in [0.1, 0.15) is 6.04 Å². The molecule has 3 fully saturated rings. The fourth-order valence-corrected chi connectivity index (χ4v) is 10.1. The summed E-state index contributed by atoms with van der Waals surface area (Å²) >= 11 is 2.89. The number of fused-ring (bicyclic) bond motifs is 9. The number of hydrogen-bond acceptors (Lipinski definition) is 6. The lowest BCUT2D eigenvalue weighted by molar-refractivity contribution is -0.156. The molecule has 2 N–H and O–H groups in total. The van der Waals surface area contributed by atoms with E-state index in [2.05, 4.69) is 29.2 Å². The number of aromatic nitrogens is 1. The van der Waals surface area contributed by atoms with E-state index in [0.717, 1.165) is 32.4 Å². The van der Waals surface area contributed by atoms with Gasteiger partial charge in [-0.1, -0.05) is 55.0 Å². The van der Waals surface area contributed by atoms with Crippen LogP contribution in [0.15, 0.2) is 34.1 Å². The highest BCUT2D eigenvalue weighted by atomic mass is 32.2. The molecular formula is C26H28N2O5S2. The molecule has 7 nitrogen and oxygen atoms in total.